The molecule has 2 aromatic carbocycles. The monoisotopic (exact) mass is 350 g/mol. The number of aromatic nitrogens is 2. The number of nitrogens with one attached hydrogen (secondary N) is 2. The Balaban J connectivity index is 1.47. The number of rotatable bonds is 6. The van der Waals surface area contributed by atoms with Gasteiger partial charge in [-0.3, -0.25) is 9.59 Å². The first-order chi connectivity index (χ1) is 12.6. The summed E-state index contributed by atoms with van der Waals surface area (Å²) in [6.45, 7) is 2.14. The summed E-state index contributed by atoms with van der Waals surface area (Å²) in [6.07, 6.45) is 1.44. The molecule has 1 heterocycles. The van der Waals surface area contributed by atoms with Gasteiger partial charge in [-0.25, -0.2) is 0 Å². The summed E-state index contributed by atoms with van der Waals surface area (Å²) < 4.78 is 5.11. The standard InChI is InChI=1S/C19H18N4O3/c1-13-4-2-3-5-16(13)18(25)20-11-10-17(24)22-15-8-6-14(7-9-15)19-23-21-12-26-19/h2-9,12H,10-11H2,1H3,(H,20,25)(H,22,24). The van der Waals surface area contributed by atoms with Gasteiger partial charge in [0.2, 0.25) is 18.2 Å². The molecule has 0 fully saturated rings. The number of hydrogen-bond acceptors (Lipinski definition) is 5. The fourth-order valence-corrected chi connectivity index (χ4v) is 2.43. The van der Waals surface area contributed by atoms with Crippen LogP contribution in [0.1, 0.15) is 22.3 Å². The van der Waals surface area contributed by atoms with Gasteiger partial charge in [-0.1, -0.05) is 18.2 Å². The molecule has 3 rings (SSSR count). The summed E-state index contributed by atoms with van der Waals surface area (Å²) in [4.78, 5) is 24.1. The van der Waals surface area contributed by atoms with Gasteiger partial charge < -0.3 is 15.1 Å². The Labute approximate surface area is 150 Å². The van der Waals surface area contributed by atoms with Gasteiger partial charge >= 0.3 is 0 Å². The third kappa shape index (κ3) is 4.32. The number of carbonyl (C=O) groups is 2. The summed E-state index contributed by atoms with van der Waals surface area (Å²) >= 11 is 0. The average molecular weight is 350 g/mol. The Morgan fingerprint density at radius 2 is 1.85 bits per heavy atom. The zero-order valence-corrected chi connectivity index (χ0v) is 14.2. The maximum Gasteiger partial charge on any atom is 0.251 e. The van der Waals surface area contributed by atoms with E-state index < -0.39 is 0 Å². The maximum atomic E-state index is 12.1. The van der Waals surface area contributed by atoms with Crippen molar-refractivity contribution in [2.24, 2.45) is 0 Å². The van der Waals surface area contributed by atoms with Gasteiger partial charge in [0.25, 0.3) is 5.91 Å². The van der Waals surface area contributed by atoms with Gasteiger partial charge in [-0.15, -0.1) is 10.2 Å². The molecule has 1 aromatic heterocycles. The van der Waals surface area contributed by atoms with Gasteiger partial charge in [-0.2, -0.15) is 0 Å². The summed E-state index contributed by atoms with van der Waals surface area (Å²) in [5.74, 6) is 0.0576. The molecule has 0 saturated heterocycles. The van der Waals surface area contributed by atoms with Crippen LogP contribution in [0.4, 0.5) is 5.69 Å². The Morgan fingerprint density at radius 3 is 2.54 bits per heavy atom. The van der Waals surface area contributed by atoms with Gasteiger partial charge in [0.15, 0.2) is 0 Å². The molecule has 0 unspecified atom stereocenters. The van der Waals surface area contributed by atoms with Gasteiger partial charge in [-0.05, 0) is 42.8 Å². The van der Waals surface area contributed by atoms with Crippen molar-refractivity contribution in [2.45, 2.75) is 13.3 Å². The minimum Gasteiger partial charge on any atom is -0.423 e. The van der Waals surface area contributed by atoms with Crippen LogP contribution in [0.5, 0.6) is 0 Å². The molecule has 7 nitrogen and oxygen atoms in total. The molecule has 26 heavy (non-hydrogen) atoms. The first-order valence-electron chi connectivity index (χ1n) is 8.14. The zero-order chi connectivity index (χ0) is 18.4. The number of nitrogens with zero attached hydrogens (tertiary/aromatic N) is 2. The molecular formula is C19H18N4O3. The second-order valence-electron chi connectivity index (χ2n) is 5.69. The second kappa shape index (κ2) is 8.06. The van der Waals surface area contributed by atoms with E-state index in [1.807, 2.05) is 25.1 Å². The molecule has 0 aliphatic heterocycles. The maximum absolute atomic E-state index is 12.1. The molecule has 2 N–H and O–H groups in total. The van der Waals surface area contributed by atoms with Crippen LogP contribution in [0.15, 0.2) is 59.3 Å². The van der Waals surface area contributed by atoms with Crippen LogP contribution in [0.2, 0.25) is 0 Å². The first kappa shape index (κ1) is 17.3. The highest BCUT2D eigenvalue weighted by Gasteiger charge is 2.09. The molecule has 0 saturated carbocycles. The molecule has 7 heteroatoms. The predicted octanol–water partition coefficient (Wildman–Crippen LogP) is 2.80. The van der Waals surface area contributed by atoms with E-state index in [2.05, 4.69) is 20.8 Å². The van der Waals surface area contributed by atoms with Crippen LogP contribution < -0.4 is 10.6 Å². The SMILES string of the molecule is Cc1ccccc1C(=O)NCCC(=O)Nc1ccc(-c2nnco2)cc1. The fourth-order valence-electron chi connectivity index (χ4n) is 2.43. The molecule has 0 aliphatic carbocycles. The van der Waals surface area contributed by atoms with Crippen molar-refractivity contribution in [3.63, 3.8) is 0 Å². The highest BCUT2D eigenvalue weighted by Crippen LogP contribution is 2.18. The Kier molecular flexibility index (Phi) is 5.38. The molecule has 132 valence electrons. The molecule has 0 atom stereocenters. The van der Waals surface area contributed by atoms with E-state index in [0.717, 1.165) is 11.1 Å². The van der Waals surface area contributed by atoms with Crippen LogP contribution in [-0.4, -0.2) is 28.6 Å². The quantitative estimate of drug-likeness (QED) is 0.712. The van der Waals surface area contributed by atoms with Gasteiger partial charge in [0, 0.05) is 29.8 Å². The number of hydrogen-bond donors (Lipinski definition) is 2. The van der Waals surface area contributed by atoms with E-state index >= 15 is 0 Å². The second-order valence-corrected chi connectivity index (χ2v) is 5.69. The number of anilines is 1. The molecule has 0 bridgehead atoms. The largest absolute Gasteiger partial charge is 0.423 e. The smallest absolute Gasteiger partial charge is 0.251 e. The molecule has 3 aromatic rings. The number of amides is 2. The van der Waals surface area contributed by atoms with Crippen LogP contribution in [0.3, 0.4) is 0 Å². The Hall–Kier alpha value is -3.48. The topological polar surface area (TPSA) is 97.1 Å². The summed E-state index contributed by atoms with van der Waals surface area (Å²) in [6, 6.07) is 14.4. The predicted molar refractivity (Wildman–Crippen MR) is 96.5 cm³/mol. The highest BCUT2D eigenvalue weighted by molar-refractivity contribution is 5.96. The van der Waals surface area contributed by atoms with Crippen LogP contribution in [0.25, 0.3) is 11.5 Å². The molecule has 0 aliphatic rings. The van der Waals surface area contributed by atoms with E-state index in [4.69, 9.17) is 4.42 Å². The third-order valence-corrected chi connectivity index (χ3v) is 3.80. The normalized spacial score (nSPS) is 10.3. The minimum atomic E-state index is -0.181. The lowest BCUT2D eigenvalue weighted by molar-refractivity contribution is -0.116. The van der Waals surface area contributed by atoms with Gasteiger partial charge in [0.05, 0.1) is 0 Å². The summed E-state index contributed by atoms with van der Waals surface area (Å²) in [5.41, 5.74) is 2.94. The van der Waals surface area contributed by atoms with Crippen molar-refractivity contribution >= 4 is 17.5 Å². The van der Waals surface area contributed by atoms with Crippen molar-refractivity contribution in [3.8, 4) is 11.5 Å². The molecule has 0 spiro atoms. The summed E-state index contributed by atoms with van der Waals surface area (Å²) in [7, 11) is 0. The number of benzene rings is 2. The van der Waals surface area contributed by atoms with Crippen LogP contribution >= 0.6 is 0 Å². The first-order valence-corrected chi connectivity index (χ1v) is 8.14. The zero-order valence-electron chi connectivity index (χ0n) is 14.2. The lowest BCUT2D eigenvalue weighted by Gasteiger charge is -2.08. The number of carbonyl (C=O) groups excluding carboxylic acids is 2. The van der Waals surface area contributed by atoms with E-state index in [1.54, 1.807) is 30.3 Å². The number of aryl methyl sites for hydroxylation is 1. The molecule has 2 amide bonds. The average Bonchev–Trinajstić information content (AvgIpc) is 3.17. The Bertz CT molecular complexity index is 889. The van der Waals surface area contributed by atoms with Crippen molar-refractivity contribution in [1.82, 2.24) is 15.5 Å². The van der Waals surface area contributed by atoms with Crippen molar-refractivity contribution in [2.75, 3.05) is 11.9 Å². The van der Waals surface area contributed by atoms with Crippen molar-refractivity contribution < 1.29 is 14.0 Å². The summed E-state index contributed by atoms with van der Waals surface area (Å²) in [5, 5.41) is 13.0. The van der Waals surface area contributed by atoms with Gasteiger partial charge in [0.1, 0.15) is 0 Å². The lowest BCUT2D eigenvalue weighted by Crippen LogP contribution is -2.28. The van der Waals surface area contributed by atoms with Crippen LogP contribution in [-0.2, 0) is 4.79 Å². The Morgan fingerprint density at radius 1 is 1.08 bits per heavy atom. The minimum absolute atomic E-state index is 0.180. The lowest BCUT2D eigenvalue weighted by atomic mass is 10.1. The molecular weight excluding hydrogens is 332 g/mol. The van der Waals surface area contributed by atoms with E-state index in [0.29, 0.717) is 17.1 Å². The molecule has 0 radical (unpaired) electrons. The van der Waals surface area contributed by atoms with Crippen molar-refractivity contribution in [1.29, 1.82) is 0 Å². The van der Waals surface area contributed by atoms with E-state index in [1.165, 1.54) is 6.39 Å². The fraction of sp³-hybridized carbons (Fsp3) is 0.158. The van der Waals surface area contributed by atoms with Crippen molar-refractivity contribution in [3.05, 3.63) is 66.1 Å². The van der Waals surface area contributed by atoms with Crippen LogP contribution in [0, 0.1) is 6.92 Å². The highest BCUT2D eigenvalue weighted by atomic mass is 16.4. The van der Waals surface area contributed by atoms with E-state index in [9.17, 15) is 9.59 Å². The third-order valence-electron chi connectivity index (χ3n) is 3.80. The van der Waals surface area contributed by atoms with E-state index in [-0.39, 0.29) is 24.8 Å².